The highest BCUT2D eigenvalue weighted by Gasteiger charge is 2.16. The Morgan fingerprint density at radius 1 is 1.03 bits per heavy atom. The molecule has 0 radical (unpaired) electrons. The molecule has 0 atom stereocenters. The summed E-state index contributed by atoms with van der Waals surface area (Å²) in [5, 5.41) is 6.31. The average Bonchev–Trinajstić information content (AvgIpc) is 2.80. The predicted molar refractivity (Wildman–Crippen MR) is 119 cm³/mol. The number of nitrogen functional groups attached to an aromatic ring is 1. The number of hydrogen-bond acceptors (Lipinski definition) is 9. The summed E-state index contributed by atoms with van der Waals surface area (Å²) in [5.74, 6) is -0.286. The number of rotatable bonds is 8. The van der Waals surface area contributed by atoms with Crippen LogP contribution in [0.2, 0.25) is 0 Å². The minimum absolute atomic E-state index is 0.194. The van der Waals surface area contributed by atoms with E-state index in [1.807, 2.05) is 0 Å². The molecule has 4 N–H and O–H groups in total. The number of aromatic nitrogens is 2. The largest absolute Gasteiger partial charge is 0.465 e. The van der Waals surface area contributed by atoms with Gasteiger partial charge in [0.05, 0.1) is 25.3 Å². The summed E-state index contributed by atoms with van der Waals surface area (Å²) >= 11 is 0. The highest BCUT2D eigenvalue weighted by atomic mass is 16.5. The number of hydrogen-bond donors (Lipinski definition) is 3. The van der Waals surface area contributed by atoms with E-state index in [0.717, 1.165) is 25.8 Å². The number of methoxy groups -OCH3 is 2. The van der Waals surface area contributed by atoms with Crippen molar-refractivity contribution in [3.8, 4) is 0 Å². The second kappa shape index (κ2) is 10.4. The van der Waals surface area contributed by atoms with Crippen LogP contribution in [0.3, 0.4) is 0 Å². The first kappa shape index (κ1) is 22.1. The maximum absolute atomic E-state index is 12.0. The van der Waals surface area contributed by atoms with Crippen LogP contribution in [-0.2, 0) is 9.47 Å². The standard InChI is InChI=1S/C22H27N5O4/c1-30-21(28)15-10-16(22(29)31-2)12-17(11-15)27-20-18(23)19(25-13-26-20)24-9-8-14-6-4-3-5-7-14/h6,10-13H,3-5,7-9,23H2,1-2H3,(H2,24,25,26,27). The Hall–Kier alpha value is -3.62. The van der Waals surface area contributed by atoms with E-state index in [9.17, 15) is 9.59 Å². The van der Waals surface area contributed by atoms with Gasteiger partial charge in [-0.05, 0) is 50.3 Å². The van der Waals surface area contributed by atoms with Gasteiger partial charge in [0.25, 0.3) is 0 Å². The lowest BCUT2D eigenvalue weighted by Crippen LogP contribution is -2.11. The van der Waals surface area contributed by atoms with Gasteiger partial charge in [0.15, 0.2) is 11.6 Å². The number of carbonyl (C=O) groups is 2. The summed E-state index contributed by atoms with van der Waals surface area (Å²) in [5.41, 5.74) is 8.87. The minimum atomic E-state index is -0.580. The molecule has 31 heavy (non-hydrogen) atoms. The van der Waals surface area contributed by atoms with Gasteiger partial charge in [0.1, 0.15) is 12.0 Å². The Bertz CT molecular complexity index is 956. The third-order valence-electron chi connectivity index (χ3n) is 5.05. The number of nitrogens with two attached hydrogens (primary N) is 1. The lowest BCUT2D eigenvalue weighted by atomic mass is 9.97. The van der Waals surface area contributed by atoms with E-state index in [1.165, 1.54) is 45.0 Å². The van der Waals surface area contributed by atoms with Crippen molar-refractivity contribution in [1.82, 2.24) is 9.97 Å². The van der Waals surface area contributed by atoms with Crippen LogP contribution in [0.25, 0.3) is 0 Å². The van der Waals surface area contributed by atoms with Gasteiger partial charge < -0.3 is 25.8 Å². The van der Waals surface area contributed by atoms with Crippen molar-refractivity contribution >= 4 is 34.9 Å². The highest BCUT2D eigenvalue weighted by Crippen LogP contribution is 2.28. The van der Waals surface area contributed by atoms with Crippen LogP contribution in [-0.4, -0.2) is 42.7 Å². The van der Waals surface area contributed by atoms with Crippen molar-refractivity contribution in [2.24, 2.45) is 0 Å². The number of nitrogens with zero attached hydrogens (tertiary/aromatic N) is 2. The third-order valence-corrected chi connectivity index (χ3v) is 5.05. The zero-order chi connectivity index (χ0) is 22.2. The van der Waals surface area contributed by atoms with E-state index in [4.69, 9.17) is 15.2 Å². The Balaban J connectivity index is 1.77. The Labute approximate surface area is 181 Å². The van der Waals surface area contributed by atoms with Gasteiger partial charge in [-0.1, -0.05) is 11.6 Å². The number of benzene rings is 1. The Kier molecular flexibility index (Phi) is 7.42. The fourth-order valence-corrected chi connectivity index (χ4v) is 3.42. The van der Waals surface area contributed by atoms with Crippen LogP contribution in [0.1, 0.15) is 52.8 Å². The SMILES string of the molecule is COC(=O)c1cc(Nc2ncnc(NCCC3=CCCCC3)c2N)cc(C(=O)OC)c1. The molecular formula is C22H27N5O4. The smallest absolute Gasteiger partial charge is 0.337 e. The van der Waals surface area contributed by atoms with Gasteiger partial charge >= 0.3 is 11.9 Å². The zero-order valence-electron chi connectivity index (χ0n) is 17.7. The molecule has 1 aromatic heterocycles. The molecule has 0 fully saturated rings. The molecule has 3 rings (SSSR count). The first-order valence-corrected chi connectivity index (χ1v) is 10.1. The van der Waals surface area contributed by atoms with Crippen molar-refractivity contribution in [1.29, 1.82) is 0 Å². The second-order valence-corrected chi connectivity index (χ2v) is 7.18. The van der Waals surface area contributed by atoms with Gasteiger partial charge in [-0.15, -0.1) is 0 Å². The van der Waals surface area contributed by atoms with Crippen molar-refractivity contribution in [3.05, 3.63) is 47.3 Å². The quantitative estimate of drug-likeness (QED) is 0.428. The molecule has 2 aromatic rings. The van der Waals surface area contributed by atoms with Crippen molar-refractivity contribution in [2.45, 2.75) is 32.1 Å². The molecule has 164 valence electrons. The molecule has 0 aliphatic heterocycles. The zero-order valence-corrected chi connectivity index (χ0v) is 17.7. The van der Waals surface area contributed by atoms with Crippen molar-refractivity contribution in [3.63, 3.8) is 0 Å². The molecule has 9 heteroatoms. The lowest BCUT2D eigenvalue weighted by Gasteiger charge is -2.15. The van der Waals surface area contributed by atoms with E-state index in [2.05, 4.69) is 26.7 Å². The minimum Gasteiger partial charge on any atom is -0.465 e. The monoisotopic (exact) mass is 425 g/mol. The summed E-state index contributed by atoms with van der Waals surface area (Å²) in [6.45, 7) is 0.719. The summed E-state index contributed by atoms with van der Waals surface area (Å²) < 4.78 is 9.53. The van der Waals surface area contributed by atoms with E-state index in [1.54, 1.807) is 12.1 Å². The van der Waals surface area contributed by atoms with Crippen LogP contribution in [0.5, 0.6) is 0 Å². The summed E-state index contributed by atoms with van der Waals surface area (Å²) in [7, 11) is 2.54. The number of anilines is 4. The fraction of sp³-hybridized carbons (Fsp3) is 0.364. The molecule has 0 unspecified atom stereocenters. The van der Waals surface area contributed by atoms with Crippen LogP contribution >= 0.6 is 0 Å². The first-order valence-electron chi connectivity index (χ1n) is 10.1. The van der Waals surface area contributed by atoms with Crippen LogP contribution in [0.15, 0.2) is 36.2 Å². The van der Waals surface area contributed by atoms with Crippen molar-refractivity contribution < 1.29 is 19.1 Å². The molecule has 0 bridgehead atoms. The Morgan fingerprint density at radius 3 is 2.32 bits per heavy atom. The van der Waals surface area contributed by atoms with Gasteiger partial charge in [-0.3, -0.25) is 0 Å². The van der Waals surface area contributed by atoms with Gasteiger partial charge in [0, 0.05) is 12.2 Å². The van der Waals surface area contributed by atoms with Gasteiger partial charge in [-0.25, -0.2) is 19.6 Å². The number of ether oxygens (including phenoxy) is 2. The summed E-state index contributed by atoms with van der Waals surface area (Å²) in [4.78, 5) is 32.4. The summed E-state index contributed by atoms with van der Waals surface area (Å²) in [6.07, 6.45) is 9.45. The van der Waals surface area contributed by atoms with E-state index in [0.29, 0.717) is 23.0 Å². The molecule has 1 aromatic carbocycles. The number of carbonyl (C=O) groups excluding carboxylic acids is 2. The van der Waals surface area contributed by atoms with E-state index in [-0.39, 0.29) is 11.1 Å². The number of esters is 2. The van der Waals surface area contributed by atoms with Crippen LogP contribution < -0.4 is 16.4 Å². The lowest BCUT2D eigenvalue weighted by molar-refractivity contribution is 0.0599. The number of allylic oxidation sites excluding steroid dienone is 1. The molecule has 0 saturated heterocycles. The molecule has 0 saturated carbocycles. The topological polar surface area (TPSA) is 128 Å². The molecule has 0 spiro atoms. The van der Waals surface area contributed by atoms with Crippen LogP contribution in [0, 0.1) is 0 Å². The molecule has 1 heterocycles. The molecule has 1 aliphatic carbocycles. The van der Waals surface area contributed by atoms with E-state index >= 15 is 0 Å². The van der Waals surface area contributed by atoms with Crippen LogP contribution in [0.4, 0.5) is 23.0 Å². The molecule has 0 amide bonds. The van der Waals surface area contributed by atoms with Gasteiger partial charge in [0.2, 0.25) is 0 Å². The van der Waals surface area contributed by atoms with Gasteiger partial charge in [-0.2, -0.15) is 0 Å². The second-order valence-electron chi connectivity index (χ2n) is 7.18. The number of nitrogens with one attached hydrogen (secondary N) is 2. The molecule has 1 aliphatic rings. The normalized spacial score (nSPS) is 13.2. The van der Waals surface area contributed by atoms with E-state index < -0.39 is 11.9 Å². The van der Waals surface area contributed by atoms with Crippen molar-refractivity contribution in [2.75, 3.05) is 37.1 Å². The first-order chi connectivity index (χ1) is 15.0. The highest BCUT2D eigenvalue weighted by molar-refractivity contribution is 5.97. The Morgan fingerprint density at radius 2 is 1.71 bits per heavy atom. The summed E-state index contributed by atoms with van der Waals surface area (Å²) in [6, 6.07) is 4.49. The maximum atomic E-state index is 12.0. The predicted octanol–water partition coefficient (Wildman–Crippen LogP) is 3.68. The molecule has 9 nitrogen and oxygen atoms in total. The molecular weight excluding hydrogens is 398 g/mol. The fourth-order valence-electron chi connectivity index (χ4n) is 3.42. The maximum Gasteiger partial charge on any atom is 0.337 e. The average molecular weight is 425 g/mol. The third kappa shape index (κ3) is 5.71.